The van der Waals surface area contributed by atoms with Gasteiger partial charge in [-0.05, 0) is 42.8 Å². The molecule has 108 valence electrons. The maximum Gasteiger partial charge on any atom is 0.279 e. The fourth-order valence-corrected chi connectivity index (χ4v) is 2.82. The third-order valence-corrected chi connectivity index (χ3v) is 4.11. The number of hydrogen-bond acceptors (Lipinski definition) is 5. The van der Waals surface area contributed by atoms with Gasteiger partial charge in [-0.15, -0.1) is 0 Å². The third-order valence-electron chi connectivity index (χ3n) is 2.89. The number of benzene rings is 1. The lowest BCUT2D eigenvalue weighted by Gasteiger charge is -2.08. The minimum Gasteiger partial charge on any atom is -0.280 e. The molecule has 0 N–H and O–H groups in total. The van der Waals surface area contributed by atoms with Gasteiger partial charge in [0.1, 0.15) is 10.1 Å². The van der Waals surface area contributed by atoms with Crippen molar-refractivity contribution >= 4 is 22.5 Å². The van der Waals surface area contributed by atoms with Crippen LogP contribution in [-0.2, 0) is 0 Å². The molecule has 0 aliphatic carbocycles. The Morgan fingerprint density at radius 1 is 1.33 bits per heavy atom. The second kappa shape index (κ2) is 6.49. The summed E-state index contributed by atoms with van der Waals surface area (Å²) >= 11 is 1.34. The van der Waals surface area contributed by atoms with Gasteiger partial charge in [0.25, 0.3) is 5.69 Å². The molecule has 0 saturated carbocycles. The minimum atomic E-state index is -0.392. The SMILES string of the molecule is CN=C(Sc1ncc(C)cc1C)c1ccccc1[N+](=O)[O-]. The highest BCUT2D eigenvalue weighted by molar-refractivity contribution is 8.14. The molecular weight excluding hydrogens is 286 g/mol. The van der Waals surface area contributed by atoms with Gasteiger partial charge in [0, 0.05) is 19.3 Å². The van der Waals surface area contributed by atoms with Crippen molar-refractivity contribution in [2.75, 3.05) is 7.05 Å². The monoisotopic (exact) mass is 301 g/mol. The lowest BCUT2D eigenvalue weighted by molar-refractivity contribution is -0.385. The smallest absolute Gasteiger partial charge is 0.279 e. The molecule has 6 heteroatoms. The van der Waals surface area contributed by atoms with Crippen LogP contribution in [0.1, 0.15) is 16.7 Å². The van der Waals surface area contributed by atoms with E-state index in [9.17, 15) is 10.1 Å². The van der Waals surface area contributed by atoms with Crippen molar-refractivity contribution in [3.63, 3.8) is 0 Å². The van der Waals surface area contributed by atoms with E-state index in [0.717, 1.165) is 16.2 Å². The molecule has 0 radical (unpaired) electrons. The molecule has 2 rings (SSSR count). The number of thioether (sulfide) groups is 1. The molecule has 1 heterocycles. The first-order valence-electron chi connectivity index (χ1n) is 6.34. The highest BCUT2D eigenvalue weighted by Gasteiger charge is 2.19. The number of nitrogens with zero attached hydrogens (tertiary/aromatic N) is 3. The first-order valence-corrected chi connectivity index (χ1v) is 7.16. The summed E-state index contributed by atoms with van der Waals surface area (Å²) in [4.78, 5) is 19.3. The number of pyridine rings is 1. The Kier molecular flexibility index (Phi) is 4.70. The van der Waals surface area contributed by atoms with E-state index >= 15 is 0 Å². The van der Waals surface area contributed by atoms with E-state index in [0.29, 0.717) is 10.6 Å². The third kappa shape index (κ3) is 3.46. The predicted molar refractivity (Wildman–Crippen MR) is 85.1 cm³/mol. The summed E-state index contributed by atoms with van der Waals surface area (Å²) in [5.41, 5.74) is 2.67. The first kappa shape index (κ1) is 15.2. The molecule has 0 saturated heterocycles. The van der Waals surface area contributed by atoms with Crippen molar-refractivity contribution in [2.45, 2.75) is 18.9 Å². The Bertz CT molecular complexity index is 714. The Balaban J connectivity index is 2.40. The highest BCUT2D eigenvalue weighted by Crippen LogP contribution is 2.29. The van der Waals surface area contributed by atoms with Crippen molar-refractivity contribution < 1.29 is 4.92 Å². The molecule has 5 nitrogen and oxygen atoms in total. The van der Waals surface area contributed by atoms with Gasteiger partial charge in [-0.25, -0.2) is 4.98 Å². The number of aliphatic imine (C=N–C) groups is 1. The standard InChI is InChI=1S/C15H15N3O2S/c1-10-8-11(2)14(17-9-10)21-15(16-3)12-6-4-5-7-13(12)18(19)20/h4-9H,1-3H3. The molecule has 0 amide bonds. The summed E-state index contributed by atoms with van der Waals surface area (Å²) in [5.74, 6) is 0. The van der Waals surface area contributed by atoms with Crippen LogP contribution in [0.25, 0.3) is 0 Å². The van der Waals surface area contributed by atoms with Gasteiger partial charge in [-0.2, -0.15) is 0 Å². The zero-order valence-electron chi connectivity index (χ0n) is 12.0. The minimum absolute atomic E-state index is 0.0513. The molecule has 0 aliphatic rings. The number of aromatic nitrogens is 1. The van der Waals surface area contributed by atoms with E-state index in [1.54, 1.807) is 31.4 Å². The molecule has 0 aliphatic heterocycles. The van der Waals surface area contributed by atoms with Crippen molar-refractivity contribution in [2.24, 2.45) is 4.99 Å². The van der Waals surface area contributed by atoms with Crippen LogP contribution in [0.15, 0.2) is 46.5 Å². The van der Waals surface area contributed by atoms with Crippen molar-refractivity contribution in [3.8, 4) is 0 Å². The van der Waals surface area contributed by atoms with E-state index < -0.39 is 4.92 Å². The second-order valence-corrected chi connectivity index (χ2v) is 5.52. The summed E-state index contributed by atoms with van der Waals surface area (Å²) in [6, 6.07) is 8.63. The Hall–Kier alpha value is -2.21. The van der Waals surface area contributed by atoms with E-state index in [-0.39, 0.29) is 5.69 Å². The molecule has 1 aromatic heterocycles. The highest BCUT2D eigenvalue weighted by atomic mass is 32.2. The lowest BCUT2D eigenvalue weighted by atomic mass is 10.2. The van der Waals surface area contributed by atoms with Gasteiger partial charge in [0.05, 0.1) is 10.5 Å². The van der Waals surface area contributed by atoms with Gasteiger partial charge in [-0.1, -0.05) is 18.2 Å². The predicted octanol–water partition coefficient (Wildman–Crippen LogP) is 3.78. The van der Waals surface area contributed by atoms with Crippen molar-refractivity contribution in [3.05, 3.63) is 63.3 Å². The van der Waals surface area contributed by atoms with Crippen molar-refractivity contribution in [1.82, 2.24) is 4.98 Å². The van der Waals surface area contributed by atoms with Gasteiger partial charge in [0.15, 0.2) is 0 Å². The molecule has 0 fully saturated rings. The average Bonchev–Trinajstić information content (AvgIpc) is 2.46. The molecular formula is C15H15N3O2S. The van der Waals surface area contributed by atoms with Gasteiger partial charge >= 0.3 is 0 Å². The van der Waals surface area contributed by atoms with Crippen LogP contribution in [0.2, 0.25) is 0 Å². The van der Waals surface area contributed by atoms with Crippen molar-refractivity contribution in [1.29, 1.82) is 0 Å². The van der Waals surface area contributed by atoms with E-state index in [4.69, 9.17) is 0 Å². The molecule has 21 heavy (non-hydrogen) atoms. The topological polar surface area (TPSA) is 68.4 Å². The van der Waals surface area contributed by atoms with E-state index in [1.165, 1.54) is 17.8 Å². The zero-order chi connectivity index (χ0) is 15.4. The Labute approximate surface area is 127 Å². The molecule has 2 aromatic rings. The van der Waals surface area contributed by atoms with Crippen LogP contribution < -0.4 is 0 Å². The molecule has 0 bridgehead atoms. The quantitative estimate of drug-likeness (QED) is 0.284. The van der Waals surface area contributed by atoms with Crippen LogP contribution in [0.5, 0.6) is 0 Å². The molecule has 0 atom stereocenters. The summed E-state index contributed by atoms with van der Waals surface area (Å²) in [6.45, 7) is 3.94. The lowest BCUT2D eigenvalue weighted by Crippen LogP contribution is -2.02. The second-order valence-electron chi connectivity index (χ2n) is 4.54. The molecule has 0 unspecified atom stereocenters. The number of rotatable bonds is 3. The van der Waals surface area contributed by atoms with E-state index in [1.807, 2.05) is 19.9 Å². The maximum absolute atomic E-state index is 11.1. The van der Waals surface area contributed by atoms with Crippen LogP contribution >= 0.6 is 11.8 Å². The normalized spacial score (nSPS) is 11.5. The van der Waals surface area contributed by atoms with Crippen LogP contribution in [-0.4, -0.2) is 22.0 Å². The molecule has 0 spiro atoms. The number of para-hydroxylation sites is 1. The number of aryl methyl sites for hydroxylation is 2. The zero-order valence-corrected chi connectivity index (χ0v) is 12.8. The van der Waals surface area contributed by atoms with Crippen LogP contribution in [0.4, 0.5) is 5.69 Å². The number of nitro groups is 1. The fraction of sp³-hybridized carbons (Fsp3) is 0.200. The largest absolute Gasteiger partial charge is 0.280 e. The summed E-state index contributed by atoms with van der Waals surface area (Å²) in [5, 5.41) is 12.5. The van der Waals surface area contributed by atoms with Gasteiger partial charge in [0.2, 0.25) is 0 Å². The summed E-state index contributed by atoms with van der Waals surface area (Å²) < 4.78 is 0. The van der Waals surface area contributed by atoms with Gasteiger partial charge < -0.3 is 0 Å². The summed E-state index contributed by atoms with van der Waals surface area (Å²) in [7, 11) is 1.63. The Morgan fingerprint density at radius 3 is 2.67 bits per heavy atom. The van der Waals surface area contributed by atoms with Gasteiger partial charge in [-0.3, -0.25) is 15.1 Å². The maximum atomic E-state index is 11.1. The van der Waals surface area contributed by atoms with Crippen LogP contribution in [0.3, 0.4) is 0 Å². The number of nitro benzene ring substituents is 1. The van der Waals surface area contributed by atoms with Crippen LogP contribution in [0, 0.1) is 24.0 Å². The first-order chi connectivity index (χ1) is 10.0. The average molecular weight is 301 g/mol. The fourth-order valence-electron chi connectivity index (χ4n) is 1.94. The molecule has 1 aromatic carbocycles. The Morgan fingerprint density at radius 2 is 2.05 bits per heavy atom. The number of hydrogen-bond donors (Lipinski definition) is 0. The van der Waals surface area contributed by atoms with E-state index in [2.05, 4.69) is 9.98 Å². The summed E-state index contributed by atoms with van der Waals surface area (Å²) in [6.07, 6.45) is 1.78.